The van der Waals surface area contributed by atoms with Gasteiger partial charge in [0, 0.05) is 50.0 Å². The van der Waals surface area contributed by atoms with Gasteiger partial charge < -0.3 is 9.88 Å². The lowest BCUT2D eigenvalue weighted by atomic mass is 10.1. The third-order valence-corrected chi connectivity index (χ3v) is 4.77. The molecule has 0 amide bonds. The zero-order valence-corrected chi connectivity index (χ0v) is 13.6. The molecule has 1 aliphatic rings. The minimum absolute atomic E-state index is 1.03. The van der Waals surface area contributed by atoms with E-state index in [1.54, 1.807) is 0 Å². The van der Waals surface area contributed by atoms with E-state index in [0.717, 1.165) is 32.7 Å². The highest BCUT2D eigenvalue weighted by Crippen LogP contribution is 2.27. The maximum Gasteiger partial charge on any atom is 0.0531 e. The van der Waals surface area contributed by atoms with Gasteiger partial charge in [-0.25, -0.2) is 0 Å². The Kier molecular flexibility index (Phi) is 3.90. The topological polar surface area (TPSA) is 20.2 Å². The van der Waals surface area contributed by atoms with Crippen molar-refractivity contribution < 1.29 is 0 Å². The van der Waals surface area contributed by atoms with Crippen molar-refractivity contribution in [3.63, 3.8) is 0 Å². The molecule has 1 saturated heterocycles. The van der Waals surface area contributed by atoms with Gasteiger partial charge >= 0.3 is 0 Å². The monoisotopic (exact) mass is 305 g/mol. The molecule has 1 aliphatic heterocycles. The van der Waals surface area contributed by atoms with Crippen LogP contribution in [-0.4, -0.2) is 35.6 Å². The maximum absolute atomic E-state index is 3.43. The fourth-order valence-corrected chi connectivity index (χ4v) is 3.52. The van der Waals surface area contributed by atoms with E-state index in [-0.39, 0.29) is 0 Å². The van der Waals surface area contributed by atoms with Gasteiger partial charge in [-0.15, -0.1) is 0 Å². The van der Waals surface area contributed by atoms with Crippen molar-refractivity contribution in [2.24, 2.45) is 0 Å². The standard InChI is InChI=1S/C20H23N3/c1-16-6-2-4-8-19(16)23-15-17(14-22-12-10-21-11-13-22)18-7-3-5-9-20(18)23/h2-9,15,21H,10-14H2,1H3. The molecule has 3 heteroatoms. The van der Waals surface area contributed by atoms with Crippen LogP contribution in [0.2, 0.25) is 0 Å². The number of nitrogens with one attached hydrogen (secondary N) is 1. The summed E-state index contributed by atoms with van der Waals surface area (Å²) < 4.78 is 2.35. The number of hydrogen-bond acceptors (Lipinski definition) is 2. The van der Waals surface area contributed by atoms with Crippen molar-refractivity contribution in [3.05, 3.63) is 65.9 Å². The van der Waals surface area contributed by atoms with Gasteiger partial charge in [0.05, 0.1) is 5.52 Å². The lowest BCUT2D eigenvalue weighted by Gasteiger charge is -2.26. The number of hydrogen-bond donors (Lipinski definition) is 1. The molecule has 0 bridgehead atoms. The van der Waals surface area contributed by atoms with Crippen LogP contribution < -0.4 is 5.32 Å². The maximum atomic E-state index is 3.43. The molecular formula is C20H23N3. The van der Waals surface area contributed by atoms with Crippen LogP contribution in [-0.2, 0) is 6.54 Å². The van der Waals surface area contributed by atoms with Gasteiger partial charge in [0.15, 0.2) is 0 Å². The van der Waals surface area contributed by atoms with Crippen LogP contribution in [0.1, 0.15) is 11.1 Å². The first-order valence-corrected chi connectivity index (χ1v) is 8.41. The summed E-state index contributed by atoms with van der Waals surface area (Å²) in [4.78, 5) is 2.54. The Bertz CT molecular complexity index is 813. The average Bonchev–Trinajstić information content (AvgIpc) is 2.95. The molecule has 1 fully saturated rings. The minimum Gasteiger partial charge on any atom is -0.316 e. The molecule has 0 atom stereocenters. The van der Waals surface area contributed by atoms with E-state index in [1.807, 2.05) is 0 Å². The Hall–Kier alpha value is -2.10. The first-order valence-electron chi connectivity index (χ1n) is 8.41. The molecule has 0 aliphatic carbocycles. The number of rotatable bonds is 3. The number of piperazine rings is 1. The molecule has 1 N–H and O–H groups in total. The second-order valence-corrected chi connectivity index (χ2v) is 6.35. The third-order valence-electron chi connectivity index (χ3n) is 4.77. The van der Waals surface area contributed by atoms with E-state index in [2.05, 4.69) is 76.4 Å². The van der Waals surface area contributed by atoms with Gasteiger partial charge in [0.1, 0.15) is 0 Å². The molecular weight excluding hydrogens is 282 g/mol. The summed E-state index contributed by atoms with van der Waals surface area (Å²) in [5.41, 5.74) is 5.30. The van der Waals surface area contributed by atoms with Gasteiger partial charge in [0.25, 0.3) is 0 Å². The van der Waals surface area contributed by atoms with Crippen molar-refractivity contribution in [2.45, 2.75) is 13.5 Å². The third kappa shape index (κ3) is 2.78. The van der Waals surface area contributed by atoms with Gasteiger partial charge in [0.2, 0.25) is 0 Å². The SMILES string of the molecule is Cc1ccccc1-n1cc(CN2CCNCC2)c2ccccc21. The van der Waals surface area contributed by atoms with E-state index in [4.69, 9.17) is 0 Å². The summed E-state index contributed by atoms with van der Waals surface area (Å²) in [6.45, 7) is 7.65. The lowest BCUT2D eigenvalue weighted by Crippen LogP contribution is -2.42. The van der Waals surface area contributed by atoms with Crippen molar-refractivity contribution in [1.29, 1.82) is 0 Å². The van der Waals surface area contributed by atoms with E-state index in [9.17, 15) is 0 Å². The molecule has 0 saturated carbocycles. The normalized spacial score (nSPS) is 16.0. The zero-order valence-electron chi connectivity index (χ0n) is 13.6. The van der Waals surface area contributed by atoms with Crippen molar-refractivity contribution in [1.82, 2.24) is 14.8 Å². The Balaban J connectivity index is 1.78. The number of benzene rings is 2. The molecule has 0 radical (unpaired) electrons. The van der Waals surface area contributed by atoms with Crippen molar-refractivity contribution >= 4 is 10.9 Å². The average molecular weight is 305 g/mol. The van der Waals surface area contributed by atoms with Gasteiger partial charge in [-0.3, -0.25) is 4.90 Å². The second kappa shape index (κ2) is 6.19. The highest BCUT2D eigenvalue weighted by molar-refractivity contribution is 5.85. The van der Waals surface area contributed by atoms with Crippen LogP contribution in [0.25, 0.3) is 16.6 Å². The smallest absolute Gasteiger partial charge is 0.0531 e. The molecule has 0 spiro atoms. The molecule has 3 aromatic rings. The molecule has 23 heavy (non-hydrogen) atoms. The zero-order chi connectivity index (χ0) is 15.6. The van der Waals surface area contributed by atoms with Gasteiger partial charge in [-0.2, -0.15) is 0 Å². The van der Waals surface area contributed by atoms with Crippen LogP contribution in [0.3, 0.4) is 0 Å². The molecule has 118 valence electrons. The molecule has 1 aromatic heterocycles. The first-order chi connectivity index (χ1) is 11.3. The van der Waals surface area contributed by atoms with Gasteiger partial charge in [-0.05, 0) is 30.2 Å². The molecule has 4 rings (SSSR count). The fraction of sp³-hybridized carbons (Fsp3) is 0.300. The van der Waals surface area contributed by atoms with Crippen molar-refractivity contribution in [3.8, 4) is 5.69 Å². The number of nitrogens with zero attached hydrogens (tertiary/aromatic N) is 2. The number of para-hydroxylation sites is 2. The first kappa shape index (κ1) is 14.5. The van der Waals surface area contributed by atoms with E-state index >= 15 is 0 Å². The molecule has 0 unspecified atom stereocenters. The van der Waals surface area contributed by atoms with Crippen LogP contribution in [0.15, 0.2) is 54.7 Å². The summed E-state index contributed by atoms with van der Waals surface area (Å²) in [7, 11) is 0. The summed E-state index contributed by atoms with van der Waals surface area (Å²) in [5.74, 6) is 0. The Labute approximate surface area is 137 Å². The number of aryl methyl sites for hydroxylation is 1. The summed E-state index contributed by atoms with van der Waals surface area (Å²) in [6.07, 6.45) is 2.33. The van der Waals surface area contributed by atoms with Crippen LogP contribution in [0.4, 0.5) is 0 Å². The highest BCUT2D eigenvalue weighted by atomic mass is 15.2. The van der Waals surface area contributed by atoms with E-state index in [0.29, 0.717) is 0 Å². The second-order valence-electron chi connectivity index (χ2n) is 6.35. The van der Waals surface area contributed by atoms with Gasteiger partial charge in [-0.1, -0.05) is 36.4 Å². The number of aromatic nitrogens is 1. The predicted octanol–water partition coefficient (Wildman–Crippen LogP) is 3.34. The summed E-state index contributed by atoms with van der Waals surface area (Å²) in [6, 6.07) is 17.4. The van der Waals surface area contributed by atoms with E-state index in [1.165, 1.54) is 27.7 Å². The Morgan fingerprint density at radius 1 is 0.957 bits per heavy atom. The summed E-state index contributed by atoms with van der Waals surface area (Å²) >= 11 is 0. The largest absolute Gasteiger partial charge is 0.316 e. The minimum atomic E-state index is 1.03. The number of fused-ring (bicyclic) bond motifs is 1. The Morgan fingerprint density at radius 3 is 2.52 bits per heavy atom. The fourth-order valence-electron chi connectivity index (χ4n) is 3.52. The molecule has 2 aromatic carbocycles. The summed E-state index contributed by atoms with van der Waals surface area (Å²) in [5, 5.41) is 4.80. The Morgan fingerprint density at radius 2 is 1.70 bits per heavy atom. The lowest BCUT2D eigenvalue weighted by molar-refractivity contribution is 0.234. The van der Waals surface area contributed by atoms with Crippen LogP contribution >= 0.6 is 0 Å². The molecule has 2 heterocycles. The predicted molar refractivity (Wildman–Crippen MR) is 96.2 cm³/mol. The van der Waals surface area contributed by atoms with Crippen LogP contribution in [0.5, 0.6) is 0 Å². The molecule has 3 nitrogen and oxygen atoms in total. The van der Waals surface area contributed by atoms with Crippen LogP contribution in [0, 0.1) is 6.92 Å². The quantitative estimate of drug-likeness (QED) is 0.801. The van der Waals surface area contributed by atoms with E-state index < -0.39 is 0 Å². The highest BCUT2D eigenvalue weighted by Gasteiger charge is 2.15. The van der Waals surface area contributed by atoms with Crippen molar-refractivity contribution in [2.75, 3.05) is 26.2 Å².